The van der Waals surface area contributed by atoms with E-state index in [4.69, 9.17) is 0 Å². The standard InChI is InChI=1S/C14H14.2C13H12.3C8H10.2C6H5.16C2H6.W/c1-11-8-9-14(12(2)10-11)13-6-4-3-5-7-13;1-11-6-5-9-13(10-11)12-7-3-2-4-8-12;1-11-7-9-13(10-8-11)12-5-3-2-4-6-12;1-7-3-5-8(2)6-4-7;1-7-4-3-5-8(2)6-7;1-7-5-3-4-6-8(7)2;2*1-2-4-6-5-3-1;16*1-2;/h3-10H,1-2H3;2*2-10H,1H3;3*3-6H,1-2H3;2*1-5H;16*1-2H3;/q;;;;;;2*-1;;;;;;;;;;;;;;;;;+2. The molecule has 0 saturated heterocycles. The number of benzene rings is 11. The first kappa shape index (κ1) is 134. The largest absolute Gasteiger partial charge is 2.00 e. The molecule has 0 spiro atoms. The Hall–Kier alpha value is -7.89. The third kappa shape index (κ3) is 88.9. The zero-order valence-electron chi connectivity index (χ0n) is 79.1. The summed E-state index contributed by atoms with van der Waals surface area (Å²) in [6, 6.07) is 105. The van der Waals surface area contributed by atoms with Crippen LogP contribution in [0.25, 0.3) is 33.4 Å². The molecule has 1 heteroatoms. The van der Waals surface area contributed by atoms with Crippen molar-refractivity contribution >= 4 is 0 Å². The molecule has 0 aliphatic heterocycles. The average Bonchev–Trinajstić information content (AvgIpc) is 0.858. The molecule has 0 bridgehead atoms. The third-order valence-electron chi connectivity index (χ3n) is 11.8. The molecule has 612 valence electrons. The van der Waals surface area contributed by atoms with Crippen molar-refractivity contribution in [1.29, 1.82) is 0 Å². The Kier molecular flexibility index (Phi) is 148. The maximum atomic E-state index is 2.89. The van der Waals surface area contributed by atoms with Crippen molar-refractivity contribution in [2.24, 2.45) is 0 Å². The summed E-state index contributed by atoms with van der Waals surface area (Å²) in [6.45, 7) is 85.2. The van der Waals surface area contributed by atoms with E-state index in [9.17, 15) is 0 Å². The minimum absolute atomic E-state index is 0. The number of aryl methyl sites for hydroxylation is 10. The van der Waals surface area contributed by atoms with Gasteiger partial charge >= 0.3 is 21.1 Å². The van der Waals surface area contributed by atoms with Gasteiger partial charge in [-0.25, -0.2) is 0 Å². The van der Waals surface area contributed by atoms with Crippen LogP contribution in [-0.2, 0) is 21.1 Å². The molecule has 0 heterocycles. The van der Waals surface area contributed by atoms with Crippen molar-refractivity contribution in [3.05, 3.63) is 359 Å². The minimum atomic E-state index is 0. The molecule has 11 rings (SSSR count). The predicted octanol–water partition coefficient (Wildman–Crippen LogP) is 37.6. The van der Waals surface area contributed by atoms with Crippen molar-refractivity contribution in [2.75, 3.05) is 0 Å². The molecule has 0 aromatic heterocycles. The second kappa shape index (κ2) is 121. The van der Waals surface area contributed by atoms with Gasteiger partial charge in [-0.3, -0.25) is 0 Å². The topological polar surface area (TPSA) is 0 Å². The van der Waals surface area contributed by atoms with E-state index in [1.54, 1.807) is 0 Å². The molecular formula is C108H174W. The molecule has 109 heavy (non-hydrogen) atoms. The summed E-state index contributed by atoms with van der Waals surface area (Å²) in [5.41, 5.74) is 21.1. The Morgan fingerprint density at radius 2 is 0.358 bits per heavy atom. The van der Waals surface area contributed by atoms with Crippen molar-refractivity contribution in [3.63, 3.8) is 0 Å². The van der Waals surface area contributed by atoms with E-state index in [-0.39, 0.29) is 21.1 Å². The molecule has 11 aromatic carbocycles. The number of hydrogen-bond donors (Lipinski definition) is 0. The zero-order valence-corrected chi connectivity index (χ0v) is 82.1. The number of hydrogen-bond acceptors (Lipinski definition) is 0. The van der Waals surface area contributed by atoms with Crippen LogP contribution in [-0.4, -0.2) is 0 Å². The van der Waals surface area contributed by atoms with E-state index < -0.39 is 0 Å². The summed E-state index contributed by atoms with van der Waals surface area (Å²) in [7, 11) is 0. The SMILES string of the molecule is CC.CC.CC.CC.CC.CC.CC.CC.CC.CC.CC.CC.CC.CC.CC.CC.Cc1ccc(-c2ccccc2)c(C)c1.Cc1ccc(-c2ccccc2)cc1.Cc1ccc(C)cc1.Cc1cccc(-c2ccccc2)c1.Cc1cccc(C)c1.Cc1ccccc1C.[W+2].[c-]1ccccc1.[c-]1ccccc1. The first-order valence-electron chi connectivity index (χ1n) is 42.2. The summed E-state index contributed by atoms with van der Waals surface area (Å²) in [4.78, 5) is 0. The smallest absolute Gasteiger partial charge is 0.184 e. The fourth-order valence-electron chi connectivity index (χ4n) is 7.38. The van der Waals surface area contributed by atoms with Gasteiger partial charge < -0.3 is 0 Å². The zero-order chi connectivity index (χ0) is 86.6. The summed E-state index contributed by atoms with van der Waals surface area (Å²) in [6.07, 6.45) is 0. The molecule has 0 aliphatic carbocycles. The van der Waals surface area contributed by atoms with Crippen LogP contribution >= 0.6 is 0 Å². The molecule has 0 unspecified atom stereocenters. The van der Waals surface area contributed by atoms with Crippen molar-refractivity contribution in [1.82, 2.24) is 0 Å². The molecule has 0 fully saturated rings. The van der Waals surface area contributed by atoms with E-state index in [1.165, 1.54) is 89.0 Å². The van der Waals surface area contributed by atoms with Gasteiger partial charge in [-0.05, 0) is 119 Å². The van der Waals surface area contributed by atoms with E-state index in [0.29, 0.717) is 0 Å². The Morgan fingerprint density at radius 3 is 0.596 bits per heavy atom. The second-order valence-electron chi connectivity index (χ2n) is 18.7. The van der Waals surface area contributed by atoms with E-state index in [1.807, 2.05) is 300 Å². The van der Waals surface area contributed by atoms with Crippen LogP contribution in [0.3, 0.4) is 0 Å². The maximum absolute atomic E-state index is 2.89. The van der Waals surface area contributed by atoms with Gasteiger partial charge in [0.25, 0.3) is 0 Å². The fourth-order valence-corrected chi connectivity index (χ4v) is 7.38. The van der Waals surface area contributed by atoms with Crippen LogP contribution < -0.4 is 0 Å². The van der Waals surface area contributed by atoms with Gasteiger partial charge in [0.05, 0.1) is 0 Å². The Labute approximate surface area is 699 Å². The molecule has 0 atom stereocenters. The van der Waals surface area contributed by atoms with Gasteiger partial charge in [0.2, 0.25) is 0 Å². The molecule has 0 aliphatic rings. The minimum Gasteiger partial charge on any atom is -0.184 e. The van der Waals surface area contributed by atoms with Crippen LogP contribution in [0, 0.1) is 81.4 Å². The molecule has 0 amide bonds. The number of rotatable bonds is 3. The molecule has 0 nitrogen and oxygen atoms in total. The Balaban J connectivity index is -0.0000000755. The van der Waals surface area contributed by atoms with Crippen molar-refractivity contribution in [3.8, 4) is 33.4 Å². The third-order valence-corrected chi connectivity index (χ3v) is 11.8. The first-order chi connectivity index (χ1) is 52.9. The van der Waals surface area contributed by atoms with Gasteiger partial charge in [0, 0.05) is 0 Å². The van der Waals surface area contributed by atoms with Crippen LogP contribution in [0.5, 0.6) is 0 Å². The first-order valence-corrected chi connectivity index (χ1v) is 42.2. The van der Waals surface area contributed by atoms with Crippen LogP contribution in [0.15, 0.2) is 291 Å². The summed E-state index contributed by atoms with van der Waals surface area (Å²) in [5.74, 6) is 0. The fraction of sp³-hybridized carbons (Fsp3) is 0.389. The van der Waals surface area contributed by atoms with Gasteiger partial charge in [-0.2, -0.15) is 72.8 Å². The average molecular weight is 1660 g/mol. The van der Waals surface area contributed by atoms with E-state index >= 15 is 0 Å². The molecule has 0 N–H and O–H groups in total. The van der Waals surface area contributed by atoms with Crippen molar-refractivity contribution < 1.29 is 21.1 Å². The quantitative estimate of drug-likeness (QED) is 0.155. The van der Waals surface area contributed by atoms with Crippen LogP contribution in [0.2, 0.25) is 0 Å². The predicted molar refractivity (Wildman–Crippen MR) is 514 cm³/mol. The van der Waals surface area contributed by atoms with Crippen molar-refractivity contribution in [2.45, 2.75) is 291 Å². The summed E-state index contributed by atoms with van der Waals surface area (Å²) in [5, 5.41) is 0. The maximum Gasteiger partial charge on any atom is 2.00 e. The van der Waals surface area contributed by atoms with E-state index in [0.717, 1.165) is 0 Å². The Morgan fingerprint density at radius 1 is 0.147 bits per heavy atom. The Bertz CT molecular complexity index is 3040. The molecule has 0 radical (unpaired) electrons. The summed E-state index contributed by atoms with van der Waals surface area (Å²) >= 11 is 0. The monoisotopic (exact) mass is 1660 g/mol. The van der Waals surface area contributed by atoms with Crippen LogP contribution in [0.4, 0.5) is 0 Å². The molecular weight excluding hydrogens is 1480 g/mol. The van der Waals surface area contributed by atoms with E-state index in [2.05, 4.69) is 294 Å². The summed E-state index contributed by atoms with van der Waals surface area (Å²) < 4.78 is 0. The molecule has 0 saturated carbocycles. The van der Waals surface area contributed by atoms with Gasteiger partial charge in [-0.1, -0.05) is 491 Å². The van der Waals surface area contributed by atoms with Gasteiger partial charge in [0.15, 0.2) is 0 Å². The normalized spacial score (nSPS) is 7.47. The second-order valence-corrected chi connectivity index (χ2v) is 18.7. The van der Waals surface area contributed by atoms with Gasteiger partial charge in [0.1, 0.15) is 0 Å². The van der Waals surface area contributed by atoms with Gasteiger partial charge in [-0.15, -0.1) is 0 Å². The van der Waals surface area contributed by atoms with Crippen LogP contribution in [0.1, 0.15) is 277 Å². The molecule has 11 aromatic rings.